The zero-order valence-electron chi connectivity index (χ0n) is 10.4. The molecule has 19 heavy (non-hydrogen) atoms. The monoisotopic (exact) mass is 258 g/mol. The predicted molar refractivity (Wildman–Crippen MR) is 69.7 cm³/mol. The summed E-state index contributed by atoms with van der Waals surface area (Å²) in [6.45, 7) is 1.17. The first-order valence-electron chi connectivity index (χ1n) is 6.28. The van der Waals surface area contributed by atoms with Crippen LogP contribution in [0.25, 0.3) is 6.08 Å². The first-order valence-corrected chi connectivity index (χ1v) is 6.28. The SMILES string of the molecule is O=C/C=C/c1cnc2c(c1)C1(CCOCC1)C(=O)N2. The summed E-state index contributed by atoms with van der Waals surface area (Å²) < 4.78 is 5.35. The van der Waals surface area contributed by atoms with Crippen LogP contribution in [0.15, 0.2) is 18.3 Å². The Balaban J connectivity index is 2.05. The number of aldehydes is 1. The second-order valence-corrected chi connectivity index (χ2v) is 4.81. The minimum atomic E-state index is -0.508. The molecule has 1 saturated heterocycles. The van der Waals surface area contributed by atoms with Crippen molar-refractivity contribution in [2.24, 2.45) is 0 Å². The molecule has 0 radical (unpaired) electrons. The topological polar surface area (TPSA) is 68.3 Å². The van der Waals surface area contributed by atoms with Crippen LogP contribution in [-0.4, -0.2) is 30.4 Å². The van der Waals surface area contributed by atoms with Gasteiger partial charge in [0.1, 0.15) is 12.1 Å². The van der Waals surface area contributed by atoms with Gasteiger partial charge in [-0.1, -0.05) is 6.08 Å². The minimum Gasteiger partial charge on any atom is -0.381 e. The Morgan fingerprint density at radius 2 is 2.16 bits per heavy atom. The van der Waals surface area contributed by atoms with Crippen LogP contribution < -0.4 is 5.32 Å². The van der Waals surface area contributed by atoms with Crippen molar-refractivity contribution in [1.82, 2.24) is 4.98 Å². The molecule has 0 atom stereocenters. The number of carbonyl (C=O) groups excluding carboxylic acids is 2. The molecule has 0 saturated carbocycles. The van der Waals surface area contributed by atoms with Crippen LogP contribution in [0, 0.1) is 0 Å². The number of carbonyl (C=O) groups is 2. The Labute approximate surface area is 110 Å². The standard InChI is InChI=1S/C14H14N2O3/c17-5-1-2-10-8-11-12(15-9-10)16-13(18)14(11)3-6-19-7-4-14/h1-2,5,8-9H,3-4,6-7H2,(H,15,16,18)/b2-1+. The van der Waals surface area contributed by atoms with Crippen LogP contribution in [0.2, 0.25) is 0 Å². The lowest BCUT2D eigenvalue weighted by molar-refractivity contribution is -0.124. The first-order chi connectivity index (χ1) is 9.26. The van der Waals surface area contributed by atoms with E-state index in [0.29, 0.717) is 31.9 Å². The van der Waals surface area contributed by atoms with Crippen molar-refractivity contribution in [2.45, 2.75) is 18.3 Å². The number of nitrogens with zero attached hydrogens (tertiary/aromatic N) is 1. The number of aromatic nitrogens is 1. The molecule has 0 bridgehead atoms. The molecule has 0 aromatic carbocycles. The third-order valence-corrected chi connectivity index (χ3v) is 3.80. The van der Waals surface area contributed by atoms with E-state index in [2.05, 4.69) is 10.3 Å². The van der Waals surface area contributed by atoms with Crippen LogP contribution >= 0.6 is 0 Å². The number of amides is 1. The quantitative estimate of drug-likeness (QED) is 0.641. The summed E-state index contributed by atoms with van der Waals surface area (Å²) >= 11 is 0. The molecule has 1 aromatic rings. The molecule has 1 amide bonds. The van der Waals surface area contributed by atoms with Gasteiger partial charge in [-0.05, 0) is 30.5 Å². The van der Waals surface area contributed by atoms with E-state index in [-0.39, 0.29) is 5.91 Å². The molecule has 5 nitrogen and oxygen atoms in total. The fourth-order valence-corrected chi connectivity index (χ4v) is 2.75. The number of ether oxygens (including phenoxy) is 1. The van der Waals surface area contributed by atoms with Gasteiger partial charge in [0.25, 0.3) is 0 Å². The fraction of sp³-hybridized carbons (Fsp3) is 0.357. The van der Waals surface area contributed by atoms with E-state index in [0.717, 1.165) is 17.4 Å². The molecule has 2 aliphatic rings. The molecule has 1 fully saturated rings. The van der Waals surface area contributed by atoms with E-state index >= 15 is 0 Å². The van der Waals surface area contributed by atoms with Gasteiger partial charge in [-0.2, -0.15) is 0 Å². The van der Waals surface area contributed by atoms with Crippen molar-refractivity contribution >= 4 is 24.1 Å². The Morgan fingerprint density at radius 3 is 2.89 bits per heavy atom. The lowest BCUT2D eigenvalue weighted by atomic mass is 9.75. The Kier molecular flexibility index (Phi) is 2.91. The van der Waals surface area contributed by atoms with Crippen molar-refractivity contribution in [1.29, 1.82) is 0 Å². The Bertz CT molecular complexity index is 560. The smallest absolute Gasteiger partial charge is 0.236 e. The van der Waals surface area contributed by atoms with E-state index in [9.17, 15) is 9.59 Å². The molecule has 5 heteroatoms. The van der Waals surface area contributed by atoms with E-state index in [1.807, 2.05) is 6.07 Å². The van der Waals surface area contributed by atoms with Gasteiger partial charge in [0.05, 0.1) is 5.41 Å². The zero-order valence-corrected chi connectivity index (χ0v) is 10.4. The summed E-state index contributed by atoms with van der Waals surface area (Å²) in [4.78, 5) is 26.9. The molecular weight excluding hydrogens is 244 g/mol. The average molecular weight is 258 g/mol. The number of fused-ring (bicyclic) bond motifs is 2. The maximum absolute atomic E-state index is 12.3. The van der Waals surface area contributed by atoms with Crippen LogP contribution in [0.1, 0.15) is 24.0 Å². The molecule has 1 aromatic heterocycles. The minimum absolute atomic E-state index is 0.00909. The Hall–Kier alpha value is -2.01. The summed E-state index contributed by atoms with van der Waals surface area (Å²) in [5.74, 6) is 0.643. The highest BCUT2D eigenvalue weighted by Crippen LogP contribution is 2.43. The number of allylic oxidation sites excluding steroid dienone is 1. The van der Waals surface area contributed by atoms with Gasteiger partial charge in [-0.15, -0.1) is 0 Å². The van der Waals surface area contributed by atoms with Gasteiger partial charge in [-0.3, -0.25) is 9.59 Å². The van der Waals surface area contributed by atoms with E-state index in [1.54, 1.807) is 12.3 Å². The number of rotatable bonds is 2. The number of anilines is 1. The lowest BCUT2D eigenvalue weighted by Crippen LogP contribution is -2.40. The van der Waals surface area contributed by atoms with Crippen molar-refractivity contribution < 1.29 is 14.3 Å². The third-order valence-electron chi connectivity index (χ3n) is 3.80. The van der Waals surface area contributed by atoms with Crippen molar-refractivity contribution in [3.63, 3.8) is 0 Å². The largest absolute Gasteiger partial charge is 0.381 e. The van der Waals surface area contributed by atoms with Crippen LogP contribution in [-0.2, 0) is 19.7 Å². The van der Waals surface area contributed by atoms with Crippen LogP contribution in [0.3, 0.4) is 0 Å². The summed E-state index contributed by atoms with van der Waals surface area (Å²) in [5.41, 5.74) is 1.24. The van der Waals surface area contributed by atoms with Gasteiger partial charge in [-0.25, -0.2) is 4.98 Å². The zero-order chi connectivity index (χ0) is 13.3. The number of pyridine rings is 1. The maximum atomic E-state index is 12.3. The second kappa shape index (κ2) is 4.59. The van der Waals surface area contributed by atoms with Crippen molar-refractivity contribution in [3.8, 4) is 0 Å². The molecule has 3 heterocycles. The fourth-order valence-electron chi connectivity index (χ4n) is 2.75. The van der Waals surface area contributed by atoms with Gasteiger partial charge < -0.3 is 10.1 Å². The third kappa shape index (κ3) is 1.86. The van der Waals surface area contributed by atoms with Gasteiger partial charge >= 0.3 is 0 Å². The highest BCUT2D eigenvalue weighted by atomic mass is 16.5. The Morgan fingerprint density at radius 1 is 1.37 bits per heavy atom. The molecule has 0 unspecified atom stereocenters. The van der Waals surface area contributed by atoms with Crippen molar-refractivity contribution in [2.75, 3.05) is 18.5 Å². The highest BCUT2D eigenvalue weighted by Gasteiger charge is 2.48. The van der Waals surface area contributed by atoms with Crippen molar-refractivity contribution in [3.05, 3.63) is 29.5 Å². The average Bonchev–Trinajstić information content (AvgIpc) is 2.70. The first kappa shape index (κ1) is 12.0. The van der Waals surface area contributed by atoms with Gasteiger partial charge in [0.2, 0.25) is 5.91 Å². The maximum Gasteiger partial charge on any atom is 0.236 e. The van der Waals surface area contributed by atoms with Gasteiger partial charge in [0.15, 0.2) is 0 Å². The molecule has 98 valence electrons. The summed E-state index contributed by atoms with van der Waals surface area (Å²) in [6.07, 6.45) is 6.83. The summed E-state index contributed by atoms with van der Waals surface area (Å²) in [7, 11) is 0. The van der Waals surface area contributed by atoms with Gasteiger partial charge in [0, 0.05) is 25.0 Å². The molecule has 3 rings (SSSR count). The molecule has 0 aliphatic carbocycles. The second-order valence-electron chi connectivity index (χ2n) is 4.81. The van der Waals surface area contributed by atoms with E-state index in [1.165, 1.54) is 6.08 Å². The lowest BCUT2D eigenvalue weighted by Gasteiger charge is -2.31. The van der Waals surface area contributed by atoms with Crippen LogP contribution in [0.4, 0.5) is 5.82 Å². The van der Waals surface area contributed by atoms with E-state index < -0.39 is 5.41 Å². The molecule has 1 spiro atoms. The van der Waals surface area contributed by atoms with Crippen LogP contribution in [0.5, 0.6) is 0 Å². The number of hydrogen-bond acceptors (Lipinski definition) is 4. The normalized spacial score (nSPS) is 20.5. The van der Waals surface area contributed by atoms with E-state index in [4.69, 9.17) is 4.74 Å². The number of nitrogens with one attached hydrogen (secondary N) is 1. The molecular formula is C14H14N2O3. The summed E-state index contributed by atoms with van der Waals surface area (Å²) in [5, 5.41) is 2.84. The molecule has 2 aliphatic heterocycles. The predicted octanol–water partition coefficient (Wildman–Crippen LogP) is 1.29. The highest BCUT2D eigenvalue weighted by molar-refractivity contribution is 6.05. The number of hydrogen-bond donors (Lipinski definition) is 1. The summed E-state index contributed by atoms with van der Waals surface area (Å²) in [6, 6.07) is 1.94. The molecule has 1 N–H and O–H groups in total.